The van der Waals surface area contributed by atoms with Gasteiger partial charge in [-0.1, -0.05) is 39.8 Å². The van der Waals surface area contributed by atoms with E-state index in [4.69, 9.17) is 0 Å². The molecule has 4 aliphatic carbocycles. The van der Waals surface area contributed by atoms with Gasteiger partial charge in [-0.05, 0) is 79.3 Å². The number of hydrogen-bond donors (Lipinski definition) is 0. The zero-order valence-corrected chi connectivity index (χ0v) is 16.4. The molecule has 2 nitrogen and oxygen atoms in total. The number of carbonyl (C=O) groups is 2. The smallest absolute Gasteiger partial charge is 0.161 e. The Morgan fingerprint density at radius 2 is 1.80 bits per heavy atom. The fourth-order valence-electron chi connectivity index (χ4n) is 7.28. The lowest BCUT2D eigenvalue weighted by molar-refractivity contribution is -0.129. The van der Waals surface area contributed by atoms with Gasteiger partial charge in [0.2, 0.25) is 0 Å². The van der Waals surface area contributed by atoms with Crippen LogP contribution in [-0.4, -0.2) is 11.6 Å². The standard InChI is InChI=1S/C23H32O2/c1-14(24)17-8-9-18-16-7-6-15-12-20(25)21(2,3)13-23(15,5)19(16)10-11-22(17,18)4/h6-7,12,16-19H,8-11,13H2,1-5H3/t16-,17+,18-,19-,22+,23-/m0/s1. The minimum absolute atomic E-state index is 0.104. The number of Topliss-reactive ketones (excluding diaryl/α,β-unsaturated/α-hetero) is 1. The van der Waals surface area contributed by atoms with Gasteiger partial charge in [0.1, 0.15) is 5.78 Å². The molecule has 0 saturated heterocycles. The average molecular weight is 341 g/mol. The summed E-state index contributed by atoms with van der Waals surface area (Å²) in [7, 11) is 0. The molecule has 0 bridgehead atoms. The van der Waals surface area contributed by atoms with Gasteiger partial charge in [-0.3, -0.25) is 9.59 Å². The number of hydrogen-bond acceptors (Lipinski definition) is 2. The first kappa shape index (κ1) is 17.2. The number of rotatable bonds is 1. The van der Waals surface area contributed by atoms with Crippen LogP contribution in [0.5, 0.6) is 0 Å². The molecule has 2 heteroatoms. The SMILES string of the molecule is CC(=O)[C@H]1CC[C@H]2[C@@H]3C=CC4=CC(=O)C(C)(C)C[C@]4(C)[C@H]3CC[C@]12C. The quantitative estimate of drug-likeness (QED) is 0.662. The molecule has 0 heterocycles. The van der Waals surface area contributed by atoms with E-state index in [9.17, 15) is 9.59 Å². The molecule has 4 rings (SSSR count). The Hall–Kier alpha value is -1.18. The van der Waals surface area contributed by atoms with Crippen molar-refractivity contribution in [2.75, 3.05) is 0 Å². The molecular formula is C23H32O2. The maximum Gasteiger partial charge on any atom is 0.161 e. The van der Waals surface area contributed by atoms with Crippen LogP contribution in [0, 0.1) is 39.9 Å². The van der Waals surface area contributed by atoms with Gasteiger partial charge in [-0.15, -0.1) is 0 Å². The molecule has 0 aromatic carbocycles. The first-order valence-corrected chi connectivity index (χ1v) is 10.0. The van der Waals surface area contributed by atoms with Crippen molar-refractivity contribution < 1.29 is 9.59 Å². The number of fused-ring (bicyclic) bond motifs is 5. The van der Waals surface area contributed by atoms with Crippen molar-refractivity contribution in [3.63, 3.8) is 0 Å². The van der Waals surface area contributed by atoms with Crippen LogP contribution in [0.25, 0.3) is 0 Å². The van der Waals surface area contributed by atoms with Crippen LogP contribution in [0.3, 0.4) is 0 Å². The molecule has 2 fully saturated rings. The Labute approximate surface area is 152 Å². The first-order chi connectivity index (χ1) is 11.6. The van der Waals surface area contributed by atoms with Crippen LogP contribution in [0.15, 0.2) is 23.8 Å². The second-order valence-electron chi connectivity index (χ2n) is 10.4. The van der Waals surface area contributed by atoms with E-state index in [1.807, 2.05) is 6.08 Å². The summed E-state index contributed by atoms with van der Waals surface area (Å²) in [5.41, 5.74) is 1.27. The summed E-state index contributed by atoms with van der Waals surface area (Å²) in [5, 5.41) is 0. The van der Waals surface area contributed by atoms with Gasteiger partial charge in [0, 0.05) is 11.3 Å². The third kappa shape index (κ3) is 2.22. The van der Waals surface area contributed by atoms with Gasteiger partial charge >= 0.3 is 0 Å². The van der Waals surface area contributed by atoms with E-state index < -0.39 is 0 Å². The van der Waals surface area contributed by atoms with Gasteiger partial charge in [-0.25, -0.2) is 0 Å². The maximum atomic E-state index is 12.5. The van der Waals surface area contributed by atoms with E-state index in [1.54, 1.807) is 6.92 Å². The van der Waals surface area contributed by atoms with Crippen molar-refractivity contribution in [2.45, 2.75) is 66.7 Å². The summed E-state index contributed by atoms with van der Waals surface area (Å²) in [6.45, 7) is 10.8. The molecule has 0 aliphatic heterocycles. The molecule has 0 aromatic rings. The molecule has 25 heavy (non-hydrogen) atoms. The predicted octanol–water partition coefficient (Wildman–Crippen LogP) is 5.14. The van der Waals surface area contributed by atoms with E-state index in [-0.39, 0.29) is 27.9 Å². The van der Waals surface area contributed by atoms with E-state index in [2.05, 4.69) is 39.8 Å². The third-order valence-electron chi connectivity index (χ3n) is 8.56. The lowest BCUT2D eigenvalue weighted by Crippen LogP contribution is -2.51. The summed E-state index contributed by atoms with van der Waals surface area (Å²) in [6.07, 6.45) is 12.1. The van der Waals surface area contributed by atoms with Crippen LogP contribution in [0.1, 0.15) is 66.7 Å². The zero-order chi connectivity index (χ0) is 18.2. The molecule has 6 atom stereocenters. The van der Waals surface area contributed by atoms with Crippen molar-refractivity contribution in [1.29, 1.82) is 0 Å². The normalized spacial score (nSPS) is 47.6. The summed E-state index contributed by atoms with van der Waals surface area (Å²) in [4.78, 5) is 24.7. The molecule has 4 aliphatic rings. The number of ketones is 2. The van der Waals surface area contributed by atoms with E-state index >= 15 is 0 Å². The molecule has 0 spiro atoms. The van der Waals surface area contributed by atoms with E-state index in [0.717, 1.165) is 19.3 Å². The fourth-order valence-corrected chi connectivity index (χ4v) is 7.28. The first-order valence-electron chi connectivity index (χ1n) is 10.0. The molecule has 0 amide bonds. The van der Waals surface area contributed by atoms with Crippen LogP contribution >= 0.6 is 0 Å². The van der Waals surface area contributed by atoms with E-state index in [0.29, 0.717) is 23.5 Å². The Balaban J connectivity index is 1.74. The maximum absolute atomic E-state index is 12.5. The van der Waals surface area contributed by atoms with Crippen LogP contribution in [0.4, 0.5) is 0 Å². The van der Waals surface area contributed by atoms with Gasteiger partial charge in [-0.2, -0.15) is 0 Å². The molecule has 136 valence electrons. The molecule has 2 saturated carbocycles. The van der Waals surface area contributed by atoms with Gasteiger partial charge < -0.3 is 0 Å². The Kier molecular flexibility index (Phi) is 3.57. The lowest BCUT2D eigenvalue weighted by atomic mass is 9.46. The van der Waals surface area contributed by atoms with Crippen LogP contribution in [-0.2, 0) is 9.59 Å². The van der Waals surface area contributed by atoms with Crippen molar-refractivity contribution >= 4 is 11.6 Å². The minimum atomic E-state index is -0.258. The second-order valence-corrected chi connectivity index (χ2v) is 10.4. The highest BCUT2D eigenvalue weighted by Gasteiger charge is 2.59. The molecular weight excluding hydrogens is 308 g/mol. The third-order valence-corrected chi connectivity index (χ3v) is 8.56. The van der Waals surface area contributed by atoms with Crippen molar-refractivity contribution in [3.8, 4) is 0 Å². The highest BCUT2D eigenvalue weighted by atomic mass is 16.1. The Morgan fingerprint density at radius 1 is 1.08 bits per heavy atom. The summed E-state index contributed by atoms with van der Waals surface area (Å²) in [5.74, 6) is 2.71. The highest BCUT2D eigenvalue weighted by molar-refractivity contribution is 5.96. The van der Waals surface area contributed by atoms with Gasteiger partial charge in [0.25, 0.3) is 0 Å². The Morgan fingerprint density at radius 3 is 2.48 bits per heavy atom. The second kappa shape index (κ2) is 5.18. The highest BCUT2D eigenvalue weighted by Crippen LogP contribution is 2.66. The summed E-state index contributed by atoms with van der Waals surface area (Å²) < 4.78 is 0. The largest absolute Gasteiger partial charge is 0.300 e. The van der Waals surface area contributed by atoms with Crippen molar-refractivity contribution in [1.82, 2.24) is 0 Å². The molecule has 0 N–H and O–H groups in total. The number of allylic oxidation sites excluding steroid dienone is 4. The van der Waals surface area contributed by atoms with Gasteiger partial charge in [0.05, 0.1) is 0 Å². The monoisotopic (exact) mass is 340 g/mol. The fraction of sp³-hybridized carbons (Fsp3) is 0.739. The number of carbonyl (C=O) groups excluding carboxylic acids is 2. The molecule has 0 unspecified atom stereocenters. The summed E-state index contributed by atoms with van der Waals surface area (Å²) in [6, 6.07) is 0. The van der Waals surface area contributed by atoms with Gasteiger partial charge in [0.15, 0.2) is 5.78 Å². The van der Waals surface area contributed by atoms with Crippen molar-refractivity contribution in [2.24, 2.45) is 39.9 Å². The minimum Gasteiger partial charge on any atom is -0.300 e. The average Bonchev–Trinajstić information content (AvgIpc) is 2.86. The molecule has 0 radical (unpaired) electrons. The predicted molar refractivity (Wildman–Crippen MR) is 100.0 cm³/mol. The topological polar surface area (TPSA) is 34.1 Å². The van der Waals surface area contributed by atoms with Crippen LogP contribution in [0.2, 0.25) is 0 Å². The van der Waals surface area contributed by atoms with Crippen LogP contribution < -0.4 is 0 Å². The lowest BCUT2D eigenvalue weighted by Gasteiger charge is -2.57. The zero-order valence-electron chi connectivity index (χ0n) is 16.4. The van der Waals surface area contributed by atoms with Crippen molar-refractivity contribution in [3.05, 3.63) is 23.8 Å². The molecule has 0 aromatic heterocycles. The Bertz CT molecular complexity index is 697. The van der Waals surface area contributed by atoms with E-state index in [1.165, 1.54) is 18.4 Å². The summed E-state index contributed by atoms with van der Waals surface area (Å²) >= 11 is 0.